The predicted octanol–water partition coefficient (Wildman–Crippen LogP) is 2.59. The summed E-state index contributed by atoms with van der Waals surface area (Å²) in [6.07, 6.45) is -0.880. The third-order valence-corrected chi connectivity index (χ3v) is 3.38. The molecule has 1 atom stereocenters. The van der Waals surface area contributed by atoms with E-state index in [1.807, 2.05) is 31.4 Å². The minimum absolute atomic E-state index is 0.000402. The molecule has 2 aromatic heterocycles. The van der Waals surface area contributed by atoms with E-state index in [0.717, 1.165) is 4.88 Å². The van der Waals surface area contributed by atoms with Crippen LogP contribution in [0.4, 0.5) is 0 Å². The maximum atomic E-state index is 12.2. The molecule has 2 rings (SSSR count). The van der Waals surface area contributed by atoms with Gasteiger partial charge in [0, 0.05) is 6.04 Å². The van der Waals surface area contributed by atoms with Gasteiger partial charge in [-0.15, -0.1) is 11.3 Å². The second-order valence-corrected chi connectivity index (χ2v) is 5.50. The number of carbonyl (C=O) groups is 1. The Morgan fingerprint density at radius 1 is 1.47 bits per heavy atom. The standard InChI is InChI=1S/C13H16N2O3S/c1-7(2)14-13(17)10-11(9-5-4-6-19-9)15-18-12(10)8(3)16/h4-8,16H,1-3H3,(H,14,17). The van der Waals surface area contributed by atoms with E-state index in [9.17, 15) is 9.90 Å². The highest BCUT2D eigenvalue weighted by atomic mass is 32.1. The molecule has 0 fully saturated rings. The van der Waals surface area contributed by atoms with Gasteiger partial charge >= 0.3 is 0 Å². The number of rotatable bonds is 4. The number of nitrogens with zero attached hydrogens (tertiary/aromatic N) is 1. The Kier molecular flexibility index (Phi) is 4.01. The SMILES string of the molecule is CC(C)NC(=O)c1c(-c2cccs2)noc1C(C)O. The zero-order valence-corrected chi connectivity index (χ0v) is 11.8. The van der Waals surface area contributed by atoms with Gasteiger partial charge in [0.1, 0.15) is 17.4 Å². The first kappa shape index (κ1) is 13.8. The van der Waals surface area contributed by atoms with Gasteiger partial charge in [0.2, 0.25) is 0 Å². The van der Waals surface area contributed by atoms with Crippen LogP contribution >= 0.6 is 11.3 Å². The molecule has 5 nitrogen and oxygen atoms in total. The molecule has 6 heteroatoms. The lowest BCUT2D eigenvalue weighted by molar-refractivity contribution is 0.0930. The summed E-state index contributed by atoms with van der Waals surface area (Å²) in [4.78, 5) is 13.1. The van der Waals surface area contributed by atoms with Crippen molar-refractivity contribution in [2.45, 2.75) is 32.9 Å². The number of aromatic nitrogens is 1. The van der Waals surface area contributed by atoms with Crippen molar-refractivity contribution in [3.63, 3.8) is 0 Å². The van der Waals surface area contributed by atoms with Crippen LogP contribution in [-0.4, -0.2) is 22.2 Å². The summed E-state index contributed by atoms with van der Waals surface area (Å²) < 4.78 is 5.13. The van der Waals surface area contributed by atoms with Crippen molar-refractivity contribution in [2.24, 2.45) is 0 Å². The molecule has 0 bridgehead atoms. The van der Waals surface area contributed by atoms with Crippen LogP contribution in [0.2, 0.25) is 0 Å². The zero-order valence-electron chi connectivity index (χ0n) is 11.0. The van der Waals surface area contributed by atoms with E-state index >= 15 is 0 Å². The lowest BCUT2D eigenvalue weighted by atomic mass is 10.1. The van der Waals surface area contributed by atoms with Crippen LogP contribution in [0.5, 0.6) is 0 Å². The summed E-state index contributed by atoms with van der Waals surface area (Å²) in [6.45, 7) is 5.29. The van der Waals surface area contributed by atoms with E-state index in [2.05, 4.69) is 10.5 Å². The number of hydrogen-bond acceptors (Lipinski definition) is 5. The van der Waals surface area contributed by atoms with Gasteiger partial charge in [-0.2, -0.15) is 0 Å². The molecule has 0 radical (unpaired) electrons. The number of hydrogen-bond donors (Lipinski definition) is 2. The molecule has 2 heterocycles. The Morgan fingerprint density at radius 2 is 2.21 bits per heavy atom. The summed E-state index contributed by atoms with van der Waals surface area (Å²) in [5.41, 5.74) is 0.787. The maximum absolute atomic E-state index is 12.2. The first-order valence-electron chi connectivity index (χ1n) is 6.03. The van der Waals surface area contributed by atoms with E-state index in [4.69, 9.17) is 4.52 Å². The molecule has 1 amide bonds. The molecule has 2 N–H and O–H groups in total. The lowest BCUT2D eigenvalue weighted by Gasteiger charge is -2.09. The van der Waals surface area contributed by atoms with Gasteiger partial charge in [-0.1, -0.05) is 11.2 Å². The topological polar surface area (TPSA) is 75.4 Å². The normalized spacial score (nSPS) is 12.7. The molecule has 0 saturated carbocycles. The van der Waals surface area contributed by atoms with Crippen LogP contribution in [0.3, 0.4) is 0 Å². The fraction of sp³-hybridized carbons (Fsp3) is 0.385. The highest BCUT2D eigenvalue weighted by molar-refractivity contribution is 7.13. The molecular weight excluding hydrogens is 264 g/mol. The van der Waals surface area contributed by atoms with E-state index in [-0.39, 0.29) is 17.7 Å². The van der Waals surface area contributed by atoms with Crippen molar-refractivity contribution < 1.29 is 14.4 Å². The molecule has 1 unspecified atom stereocenters. The van der Waals surface area contributed by atoms with E-state index < -0.39 is 6.10 Å². The number of amides is 1. The Labute approximate surface area is 115 Å². The summed E-state index contributed by atoms with van der Waals surface area (Å²) in [7, 11) is 0. The molecule has 0 aromatic carbocycles. The summed E-state index contributed by atoms with van der Waals surface area (Å²) in [5, 5.41) is 18.3. The van der Waals surface area contributed by atoms with Crippen molar-refractivity contribution in [1.82, 2.24) is 10.5 Å². The van der Waals surface area contributed by atoms with Gasteiger partial charge in [-0.3, -0.25) is 4.79 Å². The minimum atomic E-state index is -0.880. The van der Waals surface area contributed by atoms with E-state index in [0.29, 0.717) is 11.3 Å². The maximum Gasteiger partial charge on any atom is 0.257 e. The molecule has 0 saturated heterocycles. The molecule has 0 aliphatic rings. The number of aliphatic hydroxyl groups excluding tert-OH is 1. The van der Waals surface area contributed by atoms with Crippen LogP contribution in [0.25, 0.3) is 10.6 Å². The number of aliphatic hydroxyl groups is 1. The van der Waals surface area contributed by atoms with Crippen LogP contribution in [0.15, 0.2) is 22.0 Å². The second-order valence-electron chi connectivity index (χ2n) is 4.55. The van der Waals surface area contributed by atoms with Crippen LogP contribution < -0.4 is 5.32 Å². The minimum Gasteiger partial charge on any atom is -0.385 e. The van der Waals surface area contributed by atoms with Crippen molar-refractivity contribution >= 4 is 17.2 Å². The quantitative estimate of drug-likeness (QED) is 0.902. The number of carbonyl (C=O) groups excluding carboxylic acids is 1. The third kappa shape index (κ3) is 2.85. The molecule has 2 aromatic rings. The van der Waals surface area contributed by atoms with Gasteiger partial charge in [-0.05, 0) is 32.2 Å². The lowest BCUT2D eigenvalue weighted by Crippen LogP contribution is -2.31. The van der Waals surface area contributed by atoms with Gasteiger partial charge < -0.3 is 14.9 Å². The van der Waals surface area contributed by atoms with Crippen molar-refractivity contribution in [2.75, 3.05) is 0 Å². The van der Waals surface area contributed by atoms with Crippen LogP contribution in [0.1, 0.15) is 43.0 Å². The number of nitrogens with one attached hydrogen (secondary N) is 1. The third-order valence-electron chi connectivity index (χ3n) is 2.50. The highest BCUT2D eigenvalue weighted by Crippen LogP contribution is 2.31. The van der Waals surface area contributed by atoms with E-state index in [1.54, 1.807) is 6.92 Å². The van der Waals surface area contributed by atoms with Gasteiger partial charge in [0.05, 0.1) is 4.88 Å². The van der Waals surface area contributed by atoms with Crippen LogP contribution in [0, 0.1) is 0 Å². The van der Waals surface area contributed by atoms with Gasteiger partial charge in [-0.25, -0.2) is 0 Å². The molecule has 0 aliphatic carbocycles. The Bertz CT molecular complexity index is 558. The average Bonchev–Trinajstić information content (AvgIpc) is 2.96. The average molecular weight is 280 g/mol. The second kappa shape index (κ2) is 5.54. The molecule has 19 heavy (non-hydrogen) atoms. The highest BCUT2D eigenvalue weighted by Gasteiger charge is 2.27. The molecule has 0 aliphatic heterocycles. The Hall–Kier alpha value is -1.66. The zero-order chi connectivity index (χ0) is 14.0. The van der Waals surface area contributed by atoms with Gasteiger partial charge in [0.25, 0.3) is 5.91 Å². The summed E-state index contributed by atoms with van der Waals surface area (Å²) in [6, 6.07) is 3.74. The fourth-order valence-corrected chi connectivity index (χ4v) is 2.44. The first-order chi connectivity index (χ1) is 9.00. The van der Waals surface area contributed by atoms with Crippen molar-refractivity contribution in [1.29, 1.82) is 0 Å². The smallest absolute Gasteiger partial charge is 0.257 e. The van der Waals surface area contributed by atoms with E-state index in [1.165, 1.54) is 11.3 Å². The Morgan fingerprint density at radius 3 is 2.74 bits per heavy atom. The summed E-state index contributed by atoms with van der Waals surface area (Å²) in [5.74, 6) is -0.0860. The van der Waals surface area contributed by atoms with Crippen molar-refractivity contribution in [3.8, 4) is 10.6 Å². The largest absolute Gasteiger partial charge is 0.385 e. The predicted molar refractivity (Wildman–Crippen MR) is 73.1 cm³/mol. The molecule has 102 valence electrons. The monoisotopic (exact) mass is 280 g/mol. The van der Waals surface area contributed by atoms with Crippen molar-refractivity contribution in [3.05, 3.63) is 28.8 Å². The van der Waals surface area contributed by atoms with Gasteiger partial charge in [0.15, 0.2) is 5.76 Å². The molecular formula is C13H16N2O3S. The summed E-state index contributed by atoms with van der Waals surface area (Å²) >= 11 is 1.47. The molecule has 0 spiro atoms. The first-order valence-corrected chi connectivity index (χ1v) is 6.91. The van der Waals surface area contributed by atoms with Crippen LogP contribution in [-0.2, 0) is 0 Å². The fourth-order valence-electron chi connectivity index (χ4n) is 1.72. The Balaban J connectivity index is 2.48. The number of thiophene rings is 1.